The standard InChI is InChI=1S/C24H16BrI2NO3/c1-14-5-7-15(8-6-14)13-30-22-19(26)9-16(10-20(22)27)11-21-24(29)31-23(28-21)17-3-2-4-18(25)12-17/h2-12H,13H2,1H3/b21-11-. The second kappa shape index (κ2) is 9.83. The predicted molar refractivity (Wildman–Crippen MR) is 142 cm³/mol. The van der Waals surface area contributed by atoms with Gasteiger partial charge in [-0.1, -0.05) is 51.8 Å². The average molecular weight is 700 g/mol. The van der Waals surface area contributed by atoms with E-state index in [9.17, 15) is 4.79 Å². The number of aryl methyl sites for hydroxylation is 1. The lowest BCUT2D eigenvalue weighted by molar-refractivity contribution is -0.129. The summed E-state index contributed by atoms with van der Waals surface area (Å²) in [6, 6.07) is 19.7. The SMILES string of the molecule is Cc1ccc(COc2c(I)cc(/C=C3\N=C(c4cccc(Br)c4)OC3=O)cc2I)cc1. The number of carbonyl (C=O) groups is 1. The summed E-state index contributed by atoms with van der Waals surface area (Å²) in [5.41, 5.74) is 4.22. The Morgan fingerprint density at radius 1 is 1.06 bits per heavy atom. The Balaban J connectivity index is 1.55. The molecular weight excluding hydrogens is 684 g/mol. The van der Waals surface area contributed by atoms with Crippen LogP contribution in [-0.4, -0.2) is 11.9 Å². The molecule has 0 bridgehead atoms. The number of hydrogen-bond acceptors (Lipinski definition) is 4. The molecular formula is C24H16BrI2NO3. The number of nitrogens with zero attached hydrogens (tertiary/aromatic N) is 1. The van der Waals surface area contributed by atoms with Crippen LogP contribution in [0, 0.1) is 14.1 Å². The van der Waals surface area contributed by atoms with Gasteiger partial charge in [0.25, 0.3) is 0 Å². The second-order valence-corrected chi connectivity index (χ2v) is 10.2. The molecule has 0 fully saturated rings. The molecule has 4 rings (SSSR count). The van der Waals surface area contributed by atoms with Crippen LogP contribution in [0.25, 0.3) is 6.08 Å². The minimum absolute atomic E-state index is 0.273. The third-order valence-corrected chi connectivity index (χ3v) is 6.62. The topological polar surface area (TPSA) is 47.9 Å². The van der Waals surface area contributed by atoms with E-state index in [2.05, 4.69) is 97.3 Å². The summed E-state index contributed by atoms with van der Waals surface area (Å²) >= 11 is 7.93. The Morgan fingerprint density at radius 2 is 1.77 bits per heavy atom. The van der Waals surface area contributed by atoms with E-state index in [1.54, 1.807) is 6.08 Å². The first kappa shape index (κ1) is 22.5. The van der Waals surface area contributed by atoms with Gasteiger partial charge in [0.15, 0.2) is 5.70 Å². The van der Waals surface area contributed by atoms with Gasteiger partial charge in [-0.3, -0.25) is 0 Å². The summed E-state index contributed by atoms with van der Waals surface area (Å²) in [4.78, 5) is 16.7. The number of benzene rings is 3. The van der Waals surface area contributed by atoms with E-state index < -0.39 is 5.97 Å². The van der Waals surface area contributed by atoms with Crippen LogP contribution < -0.4 is 4.74 Å². The Kier molecular flexibility index (Phi) is 7.12. The fourth-order valence-electron chi connectivity index (χ4n) is 2.95. The molecule has 0 aliphatic carbocycles. The quantitative estimate of drug-likeness (QED) is 0.166. The number of ether oxygens (including phenoxy) is 2. The van der Waals surface area contributed by atoms with Crippen LogP contribution in [0.2, 0.25) is 0 Å². The molecule has 0 amide bonds. The van der Waals surface area contributed by atoms with E-state index in [1.807, 2.05) is 36.4 Å². The van der Waals surface area contributed by atoms with Crippen LogP contribution in [0.1, 0.15) is 22.3 Å². The number of aliphatic imine (C=N–C) groups is 1. The minimum atomic E-state index is -0.459. The summed E-state index contributed by atoms with van der Waals surface area (Å²) in [5.74, 6) is 0.677. The molecule has 7 heteroatoms. The van der Waals surface area contributed by atoms with Crippen LogP contribution in [0.5, 0.6) is 5.75 Å². The lowest BCUT2D eigenvalue weighted by Crippen LogP contribution is -2.05. The highest BCUT2D eigenvalue weighted by atomic mass is 127. The van der Waals surface area contributed by atoms with Crippen LogP contribution in [-0.2, 0) is 16.1 Å². The number of esters is 1. The lowest BCUT2D eigenvalue weighted by atomic mass is 10.1. The average Bonchev–Trinajstić information content (AvgIpc) is 3.09. The van der Waals surface area contributed by atoms with E-state index >= 15 is 0 Å². The fourth-order valence-corrected chi connectivity index (χ4v) is 5.48. The van der Waals surface area contributed by atoms with Crippen LogP contribution >= 0.6 is 61.1 Å². The molecule has 1 aliphatic rings. The Bertz CT molecular complexity index is 1200. The first-order chi connectivity index (χ1) is 14.9. The molecule has 0 unspecified atom stereocenters. The summed E-state index contributed by atoms with van der Waals surface area (Å²) in [7, 11) is 0. The highest BCUT2D eigenvalue weighted by molar-refractivity contribution is 14.1. The molecule has 0 aromatic heterocycles. The molecule has 156 valence electrons. The number of hydrogen-bond donors (Lipinski definition) is 0. The third kappa shape index (κ3) is 5.56. The largest absolute Gasteiger partial charge is 0.487 e. The molecule has 3 aromatic carbocycles. The van der Waals surface area contributed by atoms with Crippen molar-refractivity contribution in [3.05, 3.63) is 100 Å². The number of rotatable bonds is 5. The first-order valence-corrected chi connectivity index (χ1v) is 12.3. The van der Waals surface area contributed by atoms with Gasteiger partial charge in [0.2, 0.25) is 5.90 Å². The van der Waals surface area contributed by atoms with Gasteiger partial charge >= 0.3 is 5.97 Å². The van der Waals surface area contributed by atoms with Crippen molar-refractivity contribution in [2.45, 2.75) is 13.5 Å². The van der Waals surface area contributed by atoms with Gasteiger partial charge in [0.05, 0.1) is 7.14 Å². The van der Waals surface area contributed by atoms with Crippen LogP contribution in [0.15, 0.2) is 75.8 Å². The third-order valence-electron chi connectivity index (χ3n) is 4.52. The van der Waals surface area contributed by atoms with E-state index in [4.69, 9.17) is 9.47 Å². The van der Waals surface area contributed by atoms with E-state index in [1.165, 1.54) is 5.56 Å². The summed E-state index contributed by atoms with van der Waals surface area (Å²) in [6.07, 6.45) is 1.74. The van der Waals surface area contributed by atoms with Gasteiger partial charge in [-0.2, -0.15) is 0 Å². The van der Waals surface area contributed by atoms with Crippen molar-refractivity contribution in [2.75, 3.05) is 0 Å². The van der Waals surface area contributed by atoms with E-state index in [-0.39, 0.29) is 5.70 Å². The Labute approximate surface area is 216 Å². The summed E-state index contributed by atoms with van der Waals surface area (Å²) < 4.78 is 14.2. The van der Waals surface area contributed by atoms with Crippen molar-refractivity contribution in [1.82, 2.24) is 0 Å². The van der Waals surface area contributed by atoms with Gasteiger partial charge in [0, 0.05) is 10.0 Å². The molecule has 1 heterocycles. The zero-order valence-corrected chi connectivity index (χ0v) is 22.3. The zero-order valence-electron chi connectivity index (χ0n) is 16.4. The van der Waals surface area contributed by atoms with Gasteiger partial charge < -0.3 is 9.47 Å². The molecule has 31 heavy (non-hydrogen) atoms. The number of cyclic esters (lactones) is 1. The summed E-state index contributed by atoms with van der Waals surface area (Å²) in [6.45, 7) is 2.56. The van der Waals surface area contributed by atoms with E-state index in [0.717, 1.165) is 34.1 Å². The first-order valence-electron chi connectivity index (χ1n) is 9.35. The maximum Gasteiger partial charge on any atom is 0.363 e. The molecule has 0 spiro atoms. The predicted octanol–water partition coefficient (Wildman–Crippen LogP) is 6.89. The molecule has 1 aliphatic heterocycles. The van der Waals surface area contributed by atoms with Crippen molar-refractivity contribution in [3.63, 3.8) is 0 Å². The molecule has 0 radical (unpaired) electrons. The highest BCUT2D eigenvalue weighted by Gasteiger charge is 2.24. The minimum Gasteiger partial charge on any atom is -0.487 e. The zero-order chi connectivity index (χ0) is 22.0. The monoisotopic (exact) mass is 699 g/mol. The number of carbonyl (C=O) groups excluding carboxylic acids is 1. The summed E-state index contributed by atoms with van der Waals surface area (Å²) in [5, 5.41) is 0. The maximum absolute atomic E-state index is 12.3. The van der Waals surface area contributed by atoms with Gasteiger partial charge in [-0.15, -0.1) is 0 Å². The normalized spacial score (nSPS) is 14.5. The smallest absolute Gasteiger partial charge is 0.363 e. The van der Waals surface area contributed by atoms with Crippen LogP contribution in [0.4, 0.5) is 0 Å². The highest BCUT2D eigenvalue weighted by Crippen LogP contribution is 2.31. The molecule has 0 N–H and O–H groups in total. The molecule has 0 saturated heterocycles. The van der Waals surface area contributed by atoms with Crippen LogP contribution in [0.3, 0.4) is 0 Å². The Hall–Kier alpha value is -1.72. The van der Waals surface area contributed by atoms with Crippen molar-refractivity contribution in [2.24, 2.45) is 4.99 Å². The maximum atomic E-state index is 12.3. The second-order valence-electron chi connectivity index (χ2n) is 6.93. The van der Waals surface area contributed by atoms with Crippen molar-refractivity contribution in [3.8, 4) is 5.75 Å². The van der Waals surface area contributed by atoms with Gasteiger partial charge in [-0.05, 0) is 99.6 Å². The van der Waals surface area contributed by atoms with E-state index in [0.29, 0.717) is 12.5 Å². The molecule has 3 aromatic rings. The molecule has 4 nitrogen and oxygen atoms in total. The molecule has 0 atom stereocenters. The van der Waals surface area contributed by atoms with Crippen molar-refractivity contribution >= 4 is 79.1 Å². The number of halogens is 3. The molecule has 0 saturated carbocycles. The van der Waals surface area contributed by atoms with Gasteiger partial charge in [-0.25, -0.2) is 9.79 Å². The lowest BCUT2D eigenvalue weighted by Gasteiger charge is -2.12. The fraction of sp³-hybridized carbons (Fsp3) is 0.0833. The van der Waals surface area contributed by atoms with Crippen molar-refractivity contribution in [1.29, 1.82) is 0 Å². The Morgan fingerprint density at radius 3 is 2.45 bits per heavy atom. The van der Waals surface area contributed by atoms with Gasteiger partial charge in [0.1, 0.15) is 12.4 Å². The van der Waals surface area contributed by atoms with Crippen molar-refractivity contribution < 1.29 is 14.3 Å².